The molecule has 1 saturated carbocycles. The monoisotopic (exact) mass is 282 g/mol. The van der Waals surface area contributed by atoms with Crippen LogP contribution >= 0.6 is 0 Å². The van der Waals surface area contributed by atoms with E-state index >= 15 is 0 Å². The SMILES string of the molecule is CN=C(NCC1(N2CCOCC2)CCCCC1)N(C)C. The lowest BCUT2D eigenvalue weighted by Gasteiger charge is -2.48. The van der Waals surface area contributed by atoms with Crippen molar-refractivity contribution in [1.29, 1.82) is 0 Å². The molecule has 1 heterocycles. The maximum atomic E-state index is 5.53. The first-order valence-corrected chi connectivity index (χ1v) is 7.89. The standard InChI is InChI=1S/C15H30N4O/c1-16-14(18(2)3)17-13-15(7-5-4-6-8-15)19-9-11-20-12-10-19/h4-13H2,1-3H3,(H,16,17). The summed E-state index contributed by atoms with van der Waals surface area (Å²) in [5.41, 5.74) is 0.300. The minimum absolute atomic E-state index is 0.300. The van der Waals surface area contributed by atoms with Crippen LogP contribution in [-0.2, 0) is 4.74 Å². The summed E-state index contributed by atoms with van der Waals surface area (Å²) in [4.78, 5) is 9.05. The fourth-order valence-electron chi connectivity index (χ4n) is 3.53. The van der Waals surface area contributed by atoms with Crippen LogP contribution in [0.3, 0.4) is 0 Å². The van der Waals surface area contributed by atoms with Gasteiger partial charge < -0.3 is 15.0 Å². The third-order valence-electron chi connectivity index (χ3n) is 4.68. The molecule has 0 atom stereocenters. The second-order valence-corrected chi connectivity index (χ2v) is 6.18. The van der Waals surface area contributed by atoms with Gasteiger partial charge in [-0.2, -0.15) is 0 Å². The van der Waals surface area contributed by atoms with Gasteiger partial charge in [0.15, 0.2) is 5.96 Å². The lowest BCUT2D eigenvalue weighted by Crippen LogP contribution is -2.60. The van der Waals surface area contributed by atoms with Crippen molar-refractivity contribution in [2.75, 3.05) is 54.0 Å². The van der Waals surface area contributed by atoms with Crippen molar-refractivity contribution >= 4 is 5.96 Å². The van der Waals surface area contributed by atoms with E-state index in [1.807, 2.05) is 21.1 Å². The molecule has 1 saturated heterocycles. The average Bonchev–Trinajstić information content (AvgIpc) is 2.49. The molecule has 0 spiro atoms. The zero-order valence-corrected chi connectivity index (χ0v) is 13.3. The second kappa shape index (κ2) is 7.27. The Labute approximate surface area is 123 Å². The molecule has 1 N–H and O–H groups in total. The average molecular weight is 282 g/mol. The number of aliphatic imine (C=N–C) groups is 1. The van der Waals surface area contributed by atoms with Crippen molar-refractivity contribution in [2.24, 2.45) is 4.99 Å². The number of guanidine groups is 1. The summed E-state index contributed by atoms with van der Waals surface area (Å²) in [7, 11) is 5.93. The Morgan fingerprint density at radius 1 is 1.20 bits per heavy atom. The van der Waals surface area contributed by atoms with E-state index in [1.54, 1.807) is 0 Å². The van der Waals surface area contributed by atoms with E-state index in [0.717, 1.165) is 38.8 Å². The fraction of sp³-hybridized carbons (Fsp3) is 0.933. The van der Waals surface area contributed by atoms with Gasteiger partial charge in [-0.25, -0.2) is 0 Å². The van der Waals surface area contributed by atoms with Crippen molar-refractivity contribution in [2.45, 2.75) is 37.6 Å². The molecule has 5 heteroatoms. The van der Waals surface area contributed by atoms with Gasteiger partial charge in [-0.1, -0.05) is 19.3 Å². The van der Waals surface area contributed by atoms with Crippen molar-refractivity contribution in [3.05, 3.63) is 0 Å². The van der Waals surface area contributed by atoms with Crippen LogP contribution in [0.1, 0.15) is 32.1 Å². The number of ether oxygens (including phenoxy) is 1. The molecule has 20 heavy (non-hydrogen) atoms. The minimum Gasteiger partial charge on any atom is -0.379 e. The maximum absolute atomic E-state index is 5.53. The lowest BCUT2D eigenvalue weighted by atomic mass is 9.80. The summed E-state index contributed by atoms with van der Waals surface area (Å²) in [5.74, 6) is 0.975. The largest absolute Gasteiger partial charge is 0.379 e. The highest BCUT2D eigenvalue weighted by atomic mass is 16.5. The summed E-state index contributed by atoms with van der Waals surface area (Å²) >= 11 is 0. The van der Waals surface area contributed by atoms with Crippen LogP contribution in [0.2, 0.25) is 0 Å². The molecule has 1 aliphatic carbocycles. The van der Waals surface area contributed by atoms with Crippen molar-refractivity contribution < 1.29 is 4.74 Å². The van der Waals surface area contributed by atoms with Crippen molar-refractivity contribution in [1.82, 2.24) is 15.1 Å². The first kappa shape index (κ1) is 15.6. The zero-order chi connectivity index (χ0) is 14.4. The molecule has 2 rings (SSSR count). The van der Waals surface area contributed by atoms with E-state index in [2.05, 4.69) is 20.1 Å². The molecular weight excluding hydrogens is 252 g/mol. The number of hydrogen-bond donors (Lipinski definition) is 1. The summed E-state index contributed by atoms with van der Waals surface area (Å²) in [6.07, 6.45) is 6.67. The zero-order valence-electron chi connectivity index (χ0n) is 13.3. The smallest absolute Gasteiger partial charge is 0.193 e. The number of hydrogen-bond acceptors (Lipinski definition) is 3. The fourth-order valence-corrected chi connectivity index (χ4v) is 3.53. The molecular formula is C15H30N4O. The van der Waals surface area contributed by atoms with Crippen LogP contribution in [0.5, 0.6) is 0 Å². The highest BCUT2D eigenvalue weighted by Gasteiger charge is 2.38. The van der Waals surface area contributed by atoms with E-state index in [0.29, 0.717) is 5.54 Å². The van der Waals surface area contributed by atoms with Gasteiger partial charge >= 0.3 is 0 Å². The molecule has 0 aromatic rings. The highest BCUT2D eigenvalue weighted by Crippen LogP contribution is 2.33. The number of morpholine rings is 1. The van der Waals surface area contributed by atoms with Gasteiger partial charge in [-0.15, -0.1) is 0 Å². The van der Waals surface area contributed by atoms with Gasteiger partial charge in [-0.3, -0.25) is 9.89 Å². The van der Waals surface area contributed by atoms with Crippen LogP contribution in [-0.4, -0.2) is 75.3 Å². The van der Waals surface area contributed by atoms with Crippen LogP contribution in [0, 0.1) is 0 Å². The Hall–Kier alpha value is -0.810. The normalized spacial score (nSPS) is 24.4. The summed E-state index contributed by atoms with van der Waals surface area (Å²) < 4.78 is 5.53. The summed E-state index contributed by atoms with van der Waals surface area (Å²) in [5, 5.41) is 3.57. The predicted molar refractivity (Wildman–Crippen MR) is 83.3 cm³/mol. The van der Waals surface area contributed by atoms with Crippen molar-refractivity contribution in [3.63, 3.8) is 0 Å². The number of nitrogens with one attached hydrogen (secondary N) is 1. The predicted octanol–water partition coefficient (Wildman–Crippen LogP) is 1.16. The van der Waals surface area contributed by atoms with Gasteiger partial charge in [0.05, 0.1) is 13.2 Å². The molecule has 0 bridgehead atoms. The Morgan fingerprint density at radius 3 is 2.40 bits per heavy atom. The maximum Gasteiger partial charge on any atom is 0.193 e. The molecule has 0 radical (unpaired) electrons. The highest BCUT2D eigenvalue weighted by molar-refractivity contribution is 5.79. The molecule has 5 nitrogen and oxygen atoms in total. The first-order valence-electron chi connectivity index (χ1n) is 7.89. The van der Waals surface area contributed by atoms with Gasteiger partial charge in [0.25, 0.3) is 0 Å². The summed E-state index contributed by atoms with van der Waals surface area (Å²) in [6, 6.07) is 0. The quantitative estimate of drug-likeness (QED) is 0.623. The van der Waals surface area contributed by atoms with Crippen LogP contribution in [0.4, 0.5) is 0 Å². The molecule has 1 aliphatic heterocycles. The van der Waals surface area contributed by atoms with E-state index in [9.17, 15) is 0 Å². The Balaban J connectivity index is 2.02. The molecule has 0 unspecified atom stereocenters. The third-order valence-corrected chi connectivity index (χ3v) is 4.68. The Bertz CT molecular complexity index is 318. The van der Waals surface area contributed by atoms with Crippen LogP contribution in [0.25, 0.3) is 0 Å². The second-order valence-electron chi connectivity index (χ2n) is 6.18. The van der Waals surface area contributed by atoms with Gasteiger partial charge in [0, 0.05) is 46.3 Å². The third kappa shape index (κ3) is 3.64. The molecule has 116 valence electrons. The number of rotatable bonds is 3. The van der Waals surface area contributed by atoms with Gasteiger partial charge in [0.2, 0.25) is 0 Å². The number of nitrogens with zero attached hydrogens (tertiary/aromatic N) is 3. The van der Waals surface area contributed by atoms with Crippen LogP contribution in [0.15, 0.2) is 4.99 Å². The van der Waals surface area contributed by atoms with Gasteiger partial charge in [-0.05, 0) is 12.8 Å². The minimum atomic E-state index is 0.300. The van der Waals surface area contributed by atoms with Crippen LogP contribution < -0.4 is 5.32 Å². The van der Waals surface area contributed by atoms with Crippen molar-refractivity contribution in [3.8, 4) is 0 Å². The van der Waals surface area contributed by atoms with E-state index < -0.39 is 0 Å². The van der Waals surface area contributed by atoms with E-state index in [-0.39, 0.29) is 0 Å². The topological polar surface area (TPSA) is 40.1 Å². The van der Waals surface area contributed by atoms with E-state index in [4.69, 9.17) is 4.74 Å². The molecule has 2 fully saturated rings. The Kier molecular flexibility index (Phi) is 5.66. The summed E-state index contributed by atoms with van der Waals surface area (Å²) in [6.45, 7) is 4.90. The molecule has 0 aromatic heterocycles. The Morgan fingerprint density at radius 2 is 1.85 bits per heavy atom. The molecule has 0 amide bonds. The molecule has 2 aliphatic rings. The van der Waals surface area contributed by atoms with Gasteiger partial charge in [0.1, 0.15) is 0 Å². The van der Waals surface area contributed by atoms with E-state index in [1.165, 1.54) is 32.1 Å². The first-order chi connectivity index (χ1) is 9.68. The molecule has 0 aromatic carbocycles. The lowest BCUT2D eigenvalue weighted by molar-refractivity contribution is -0.0354.